The van der Waals surface area contributed by atoms with Gasteiger partial charge in [0, 0.05) is 19.3 Å². The molecule has 0 amide bonds. The molecule has 0 aromatic rings. The van der Waals surface area contributed by atoms with Crippen molar-refractivity contribution >= 4 is 17.9 Å². The van der Waals surface area contributed by atoms with Crippen LogP contribution in [-0.2, 0) is 28.6 Å². The quantitative estimate of drug-likeness (QED) is 0.0200. The number of hydrogen-bond donors (Lipinski definition) is 0. The molecule has 0 heterocycles. The predicted octanol–water partition coefficient (Wildman–Crippen LogP) is 15.8. The van der Waals surface area contributed by atoms with Gasteiger partial charge < -0.3 is 14.2 Å². The molecule has 0 aliphatic rings. The van der Waals surface area contributed by atoms with Crippen LogP contribution >= 0.6 is 0 Å². The number of esters is 3. The second-order valence-electron chi connectivity index (χ2n) is 15.8. The van der Waals surface area contributed by atoms with Crippen molar-refractivity contribution in [3.05, 3.63) is 97.2 Å². The first-order chi connectivity index (χ1) is 29.5. The highest BCUT2D eigenvalue weighted by Crippen LogP contribution is 2.13. The minimum absolute atomic E-state index is 0.0962. The summed E-state index contributed by atoms with van der Waals surface area (Å²) in [6.07, 6.45) is 62.4. The Morgan fingerprint density at radius 1 is 0.350 bits per heavy atom. The van der Waals surface area contributed by atoms with Crippen LogP contribution in [0.4, 0.5) is 0 Å². The average molecular weight is 833 g/mol. The molecule has 1 atom stereocenters. The Hall–Kier alpha value is -3.67. The Labute approximate surface area is 368 Å². The third kappa shape index (κ3) is 45.4. The lowest BCUT2D eigenvalue weighted by molar-refractivity contribution is -0.167. The highest BCUT2D eigenvalue weighted by atomic mass is 16.6. The van der Waals surface area contributed by atoms with E-state index in [4.69, 9.17) is 14.2 Å². The van der Waals surface area contributed by atoms with Gasteiger partial charge in [-0.25, -0.2) is 0 Å². The molecule has 1 unspecified atom stereocenters. The van der Waals surface area contributed by atoms with E-state index < -0.39 is 6.10 Å². The normalized spacial score (nSPS) is 12.9. The Morgan fingerprint density at radius 3 is 1.07 bits per heavy atom. The van der Waals surface area contributed by atoms with Crippen LogP contribution in [0.3, 0.4) is 0 Å². The van der Waals surface area contributed by atoms with Gasteiger partial charge in [0.2, 0.25) is 0 Å². The van der Waals surface area contributed by atoms with Gasteiger partial charge in [-0.2, -0.15) is 0 Å². The van der Waals surface area contributed by atoms with Crippen LogP contribution in [0, 0.1) is 0 Å². The first kappa shape index (κ1) is 56.3. The highest BCUT2D eigenvalue weighted by molar-refractivity contribution is 5.71. The number of carbonyl (C=O) groups is 3. The number of allylic oxidation sites excluding steroid dienone is 16. The zero-order valence-electron chi connectivity index (χ0n) is 38.7. The zero-order chi connectivity index (χ0) is 43.7. The predicted molar refractivity (Wildman–Crippen MR) is 256 cm³/mol. The molecule has 0 aromatic heterocycles. The van der Waals surface area contributed by atoms with Crippen LogP contribution in [0.2, 0.25) is 0 Å². The van der Waals surface area contributed by atoms with Gasteiger partial charge in [0.25, 0.3) is 0 Å². The Kier molecular flexibility index (Phi) is 45.1. The molecule has 0 bridgehead atoms. The zero-order valence-corrected chi connectivity index (χ0v) is 38.7. The van der Waals surface area contributed by atoms with Crippen molar-refractivity contribution in [1.82, 2.24) is 0 Å². The molecule has 0 radical (unpaired) electrons. The van der Waals surface area contributed by atoms with E-state index in [0.29, 0.717) is 19.3 Å². The molecule has 0 saturated heterocycles. The van der Waals surface area contributed by atoms with Crippen LogP contribution in [0.1, 0.15) is 207 Å². The van der Waals surface area contributed by atoms with Crippen molar-refractivity contribution in [2.45, 2.75) is 213 Å². The van der Waals surface area contributed by atoms with Gasteiger partial charge in [0.05, 0.1) is 0 Å². The molecule has 0 aliphatic heterocycles. The van der Waals surface area contributed by atoms with Crippen molar-refractivity contribution in [2.24, 2.45) is 0 Å². The topological polar surface area (TPSA) is 78.9 Å². The van der Waals surface area contributed by atoms with Gasteiger partial charge in [-0.15, -0.1) is 0 Å². The summed E-state index contributed by atoms with van der Waals surface area (Å²) in [6.45, 7) is 6.29. The van der Waals surface area contributed by atoms with E-state index in [-0.39, 0.29) is 31.1 Å². The number of carbonyl (C=O) groups excluding carboxylic acids is 3. The fourth-order valence-electron chi connectivity index (χ4n) is 6.33. The summed E-state index contributed by atoms with van der Waals surface area (Å²) in [5, 5.41) is 0. The smallest absolute Gasteiger partial charge is 0.306 e. The molecular weight excluding hydrogens is 745 g/mol. The molecule has 0 fully saturated rings. The van der Waals surface area contributed by atoms with E-state index in [1.54, 1.807) is 0 Å². The second-order valence-corrected chi connectivity index (χ2v) is 15.8. The summed E-state index contributed by atoms with van der Waals surface area (Å²) < 4.78 is 16.7. The maximum absolute atomic E-state index is 12.8. The van der Waals surface area contributed by atoms with Gasteiger partial charge in [0.1, 0.15) is 13.2 Å². The minimum Gasteiger partial charge on any atom is -0.462 e. The molecule has 60 heavy (non-hydrogen) atoms. The van der Waals surface area contributed by atoms with Crippen LogP contribution in [0.15, 0.2) is 97.2 Å². The number of rotatable bonds is 42. The standard InChI is InChI=1S/C54H88O6/c1-4-7-10-13-16-19-22-25-27-29-32-35-38-41-44-47-53(56)59-50-51(49-58-52(55)46-43-40-37-34-31-24-21-18-15-12-9-6-3)60-54(57)48-45-42-39-36-33-30-28-26-23-20-17-14-11-8-5-2/h7-8,10-11,13-14,16-23,25,27,51H,4-6,9,12,15,24,26,28-50H2,1-3H3/b10-7-,11-8-,16-13-,17-14-,21-18-,22-19-,23-20-,27-25-. The fourth-order valence-corrected chi connectivity index (χ4v) is 6.33. The first-order valence-electron chi connectivity index (χ1n) is 24.3. The average Bonchev–Trinajstić information content (AvgIpc) is 3.24. The van der Waals surface area contributed by atoms with Crippen molar-refractivity contribution in [2.75, 3.05) is 13.2 Å². The molecule has 0 aromatic carbocycles. The second kappa shape index (κ2) is 48.0. The molecular formula is C54H88O6. The molecule has 0 rings (SSSR count). The molecule has 340 valence electrons. The van der Waals surface area contributed by atoms with E-state index in [1.807, 2.05) is 24.3 Å². The van der Waals surface area contributed by atoms with E-state index in [2.05, 4.69) is 93.7 Å². The maximum Gasteiger partial charge on any atom is 0.306 e. The van der Waals surface area contributed by atoms with Gasteiger partial charge >= 0.3 is 17.9 Å². The van der Waals surface area contributed by atoms with Gasteiger partial charge in [-0.1, -0.05) is 201 Å². The summed E-state index contributed by atoms with van der Waals surface area (Å²) in [6, 6.07) is 0. The fraction of sp³-hybridized carbons (Fsp3) is 0.648. The van der Waals surface area contributed by atoms with E-state index in [0.717, 1.165) is 116 Å². The molecule has 0 saturated carbocycles. The maximum atomic E-state index is 12.8. The minimum atomic E-state index is -0.797. The summed E-state index contributed by atoms with van der Waals surface area (Å²) in [7, 11) is 0. The Morgan fingerprint density at radius 2 is 0.667 bits per heavy atom. The molecule has 0 aliphatic carbocycles. The lowest BCUT2D eigenvalue weighted by Gasteiger charge is -2.18. The van der Waals surface area contributed by atoms with Gasteiger partial charge in [-0.05, 0) is 83.5 Å². The van der Waals surface area contributed by atoms with Crippen LogP contribution < -0.4 is 0 Å². The van der Waals surface area contributed by atoms with E-state index in [9.17, 15) is 14.4 Å². The first-order valence-corrected chi connectivity index (χ1v) is 24.3. The third-order valence-electron chi connectivity index (χ3n) is 9.96. The lowest BCUT2D eigenvalue weighted by Crippen LogP contribution is -2.30. The van der Waals surface area contributed by atoms with Gasteiger partial charge in [0.15, 0.2) is 6.10 Å². The monoisotopic (exact) mass is 833 g/mol. The van der Waals surface area contributed by atoms with Crippen molar-refractivity contribution < 1.29 is 28.6 Å². The number of ether oxygens (including phenoxy) is 3. The third-order valence-corrected chi connectivity index (χ3v) is 9.96. The Bertz CT molecular complexity index is 1230. The lowest BCUT2D eigenvalue weighted by atomic mass is 10.1. The van der Waals surface area contributed by atoms with E-state index in [1.165, 1.54) is 51.4 Å². The molecule has 6 nitrogen and oxygen atoms in total. The summed E-state index contributed by atoms with van der Waals surface area (Å²) in [5.41, 5.74) is 0. The van der Waals surface area contributed by atoms with Crippen molar-refractivity contribution in [3.8, 4) is 0 Å². The van der Waals surface area contributed by atoms with Crippen LogP contribution in [0.5, 0.6) is 0 Å². The summed E-state index contributed by atoms with van der Waals surface area (Å²) in [4.78, 5) is 37.9. The number of unbranched alkanes of at least 4 members (excludes halogenated alkanes) is 20. The van der Waals surface area contributed by atoms with E-state index >= 15 is 0 Å². The van der Waals surface area contributed by atoms with Gasteiger partial charge in [-0.3, -0.25) is 14.4 Å². The van der Waals surface area contributed by atoms with Crippen LogP contribution in [0.25, 0.3) is 0 Å². The largest absolute Gasteiger partial charge is 0.462 e. The molecule has 0 N–H and O–H groups in total. The summed E-state index contributed by atoms with van der Waals surface area (Å²) >= 11 is 0. The highest BCUT2D eigenvalue weighted by Gasteiger charge is 2.19. The van der Waals surface area contributed by atoms with Crippen LogP contribution in [-0.4, -0.2) is 37.2 Å². The van der Waals surface area contributed by atoms with Crippen molar-refractivity contribution in [3.63, 3.8) is 0 Å². The van der Waals surface area contributed by atoms with Crippen molar-refractivity contribution in [1.29, 1.82) is 0 Å². The number of hydrogen-bond acceptors (Lipinski definition) is 6. The molecule has 0 spiro atoms. The molecule has 6 heteroatoms. The Balaban J connectivity index is 4.47. The summed E-state index contributed by atoms with van der Waals surface area (Å²) in [5.74, 6) is -0.947. The SMILES string of the molecule is CC\C=C/C=C\C=C/C=C\CCCCCCCC(=O)OCC(COC(=O)CCCCCCC/C=C\CCCCC)OC(=O)CCCCCCCCC\C=C/C=C\C=C/CC.